The molecular formula is C23H24N6O3S2. The summed E-state index contributed by atoms with van der Waals surface area (Å²) in [6.45, 7) is 3.91. The predicted octanol–water partition coefficient (Wildman–Crippen LogP) is 4.56. The number of aromatic nitrogens is 5. The molecule has 1 unspecified atom stereocenters. The first-order chi connectivity index (χ1) is 16.6. The largest absolute Gasteiger partial charge is 0.497 e. The average molecular weight is 497 g/mol. The Kier molecular flexibility index (Phi) is 7.76. The van der Waals surface area contributed by atoms with Gasteiger partial charge in [0.15, 0.2) is 17.1 Å². The number of carbonyl (C=O) groups excluding carboxylic acids is 1. The molecule has 0 saturated carbocycles. The van der Waals surface area contributed by atoms with Crippen LogP contribution in [0.5, 0.6) is 11.5 Å². The molecule has 9 nitrogen and oxygen atoms in total. The fraction of sp³-hybridized carbons (Fsp3) is 0.261. The lowest BCUT2D eigenvalue weighted by Crippen LogP contribution is -2.15. The van der Waals surface area contributed by atoms with E-state index in [2.05, 4.69) is 25.7 Å². The molecule has 0 saturated heterocycles. The van der Waals surface area contributed by atoms with Gasteiger partial charge in [0.05, 0.1) is 12.9 Å². The maximum atomic E-state index is 12.5. The van der Waals surface area contributed by atoms with Gasteiger partial charge in [-0.15, -0.1) is 20.4 Å². The van der Waals surface area contributed by atoms with Crippen molar-refractivity contribution >= 4 is 34.1 Å². The van der Waals surface area contributed by atoms with Crippen LogP contribution in [0.1, 0.15) is 30.8 Å². The predicted molar refractivity (Wildman–Crippen MR) is 132 cm³/mol. The first-order valence-electron chi connectivity index (χ1n) is 10.6. The zero-order valence-electron chi connectivity index (χ0n) is 19.0. The molecule has 1 N–H and O–H groups in total. The smallest absolute Gasteiger partial charge is 0.236 e. The van der Waals surface area contributed by atoms with Crippen molar-refractivity contribution in [2.75, 3.05) is 18.2 Å². The van der Waals surface area contributed by atoms with E-state index < -0.39 is 6.10 Å². The number of nitrogens with one attached hydrogen (secondary N) is 1. The van der Waals surface area contributed by atoms with Crippen molar-refractivity contribution in [2.45, 2.75) is 31.5 Å². The number of anilines is 1. The van der Waals surface area contributed by atoms with Gasteiger partial charge in [0.1, 0.15) is 16.5 Å². The summed E-state index contributed by atoms with van der Waals surface area (Å²) in [5, 5.41) is 21.5. The van der Waals surface area contributed by atoms with E-state index in [4.69, 9.17) is 9.47 Å². The fourth-order valence-corrected chi connectivity index (χ4v) is 4.56. The summed E-state index contributed by atoms with van der Waals surface area (Å²) in [5.41, 5.74) is 0.882. The van der Waals surface area contributed by atoms with Gasteiger partial charge in [-0.25, -0.2) is 0 Å². The van der Waals surface area contributed by atoms with Crippen molar-refractivity contribution < 1.29 is 14.3 Å². The number of aryl methyl sites for hydroxylation is 1. The Morgan fingerprint density at radius 2 is 1.79 bits per heavy atom. The number of hydrogen-bond donors (Lipinski definition) is 1. The van der Waals surface area contributed by atoms with Crippen molar-refractivity contribution in [1.29, 1.82) is 0 Å². The number of nitrogens with zero attached hydrogens (tertiary/aromatic N) is 5. The minimum atomic E-state index is -0.391. The lowest BCUT2D eigenvalue weighted by atomic mass is 10.3. The van der Waals surface area contributed by atoms with Crippen LogP contribution >= 0.6 is 23.1 Å². The molecule has 0 radical (unpaired) electrons. The molecule has 34 heavy (non-hydrogen) atoms. The van der Waals surface area contributed by atoms with Gasteiger partial charge in [-0.2, -0.15) is 0 Å². The van der Waals surface area contributed by atoms with E-state index in [9.17, 15) is 4.79 Å². The highest BCUT2D eigenvalue weighted by molar-refractivity contribution is 7.99. The molecule has 4 rings (SSSR count). The molecule has 0 bridgehead atoms. The summed E-state index contributed by atoms with van der Waals surface area (Å²) < 4.78 is 13.2. The van der Waals surface area contributed by atoms with Crippen LogP contribution in [0, 0.1) is 0 Å². The van der Waals surface area contributed by atoms with Crippen LogP contribution in [0.25, 0.3) is 5.69 Å². The molecule has 4 aromatic rings. The normalized spacial score (nSPS) is 11.7. The molecule has 1 amide bonds. The van der Waals surface area contributed by atoms with Gasteiger partial charge in [-0.05, 0) is 49.7 Å². The summed E-state index contributed by atoms with van der Waals surface area (Å²) >= 11 is 2.67. The highest BCUT2D eigenvalue weighted by Gasteiger charge is 2.22. The molecule has 2 aromatic heterocycles. The summed E-state index contributed by atoms with van der Waals surface area (Å²) in [7, 11) is 1.62. The van der Waals surface area contributed by atoms with Gasteiger partial charge in [0.2, 0.25) is 11.0 Å². The maximum Gasteiger partial charge on any atom is 0.236 e. The van der Waals surface area contributed by atoms with Crippen LogP contribution < -0.4 is 14.8 Å². The van der Waals surface area contributed by atoms with Crippen molar-refractivity contribution in [3.63, 3.8) is 0 Å². The third kappa shape index (κ3) is 5.72. The van der Waals surface area contributed by atoms with Crippen LogP contribution in [0.3, 0.4) is 0 Å². The third-order valence-electron chi connectivity index (χ3n) is 4.76. The molecule has 176 valence electrons. The Balaban J connectivity index is 1.51. The summed E-state index contributed by atoms with van der Waals surface area (Å²) in [6, 6.07) is 17.1. The molecule has 0 aliphatic carbocycles. The monoisotopic (exact) mass is 496 g/mol. The van der Waals surface area contributed by atoms with Crippen LogP contribution in [-0.4, -0.2) is 43.7 Å². The van der Waals surface area contributed by atoms with Crippen molar-refractivity contribution in [1.82, 2.24) is 25.0 Å². The first kappa shape index (κ1) is 23.7. The minimum Gasteiger partial charge on any atom is -0.497 e. The molecule has 0 aliphatic rings. The molecule has 11 heteroatoms. The number of para-hydroxylation sites is 1. The summed E-state index contributed by atoms with van der Waals surface area (Å²) in [6.07, 6.45) is 0.389. The topological polar surface area (TPSA) is 104 Å². The number of carbonyl (C=O) groups is 1. The Labute approximate surface area is 205 Å². The Hall–Kier alpha value is -3.44. The second-order valence-electron chi connectivity index (χ2n) is 7.14. The van der Waals surface area contributed by atoms with Gasteiger partial charge in [-0.3, -0.25) is 14.7 Å². The SMILES string of the molecule is CCc1nnc(NC(=O)CSc2nnc(C(C)Oc3ccc(OC)cc3)n2-c2ccccc2)s1. The second-order valence-corrected chi connectivity index (χ2v) is 9.14. The Bertz CT molecular complexity index is 1230. The summed E-state index contributed by atoms with van der Waals surface area (Å²) in [4.78, 5) is 12.5. The lowest BCUT2D eigenvalue weighted by molar-refractivity contribution is -0.113. The zero-order chi connectivity index (χ0) is 23.9. The van der Waals surface area contributed by atoms with Crippen LogP contribution in [0.4, 0.5) is 5.13 Å². The molecule has 0 fully saturated rings. The number of methoxy groups -OCH3 is 1. The molecular weight excluding hydrogens is 472 g/mol. The van der Waals surface area contributed by atoms with E-state index in [0.717, 1.165) is 22.9 Å². The Morgan fingerprint density at radius 1 is 1.06 bits per heavy atom. The standard InChI is InChI=1S/C23H24N6O3S2/c1-4-20-25-27-22(34-20)24-19(30)14-33-23-28-26-21(29(23)16-8-6-5-7-9-16)15(2)32-18-12-10-17(31-3)11-13-18/h5-13,15H,4,14H2,1-3H3,(H,24,27,30). The molecule has 1 atom stereocenters. The molecule has 0 spiro atoms. The van der Waals surface area contributed by atoms with E-state index in [1.165, 1.54) is 23.1 Å². The van der Waals surface area contributed by atoms with Gasteiger partial charge in [0, 0.05) is 5.69 Å². The van der Waals surface area contributed by atoms with Crippen molar-refractivity contribution in [3.05, 3.63) is 65.4 Å². The maximum absolute atomic E-state index is 12.5. The number of benzene rings is 2. The minimum absolute atomic E-state index is 0.153. The van der Waals surface area contributed by atoms with Crippen molar-refractivity contribution in [3.8, 4) is 17.2 Å². The van der Waals surface area contributed by atoms with E-state index in [1.54, 1.807) is 7.11 Å². The van der Waals surface area contributed by atoms with E-state index >= 15 is 0 Å². The first-order valence-corrected chi connectivity index (χ1v) is 12.4. The van der Waals surface area contributed by atoms with Crippen LogP contribution in [0.2, 0.25) is 0 Å². The van der Waals surface area contributed by atoms with Gasteiger partial charge >= 0.3 is 0 Å². The van der Waals surface area contributed by atoms with E-state index in [0.29, 0.717) is 21.9 Å². The average Bonchev–Trinajstić information content (AvgIpc) is 3.50. The number of ether oxygens (including phenoxy) is 2. The molecule has 2 aromatic carbocycles. The summed E-state index contributed by atoms with van der Waals surface area (Å²) in [5.74, 6) is 2.04. The van der Waals surface area contributed by atoms with Gasteiger partial charge in [0.25, 0.3) is 0 Å². The zero-order valence-corrected chi connectivity index (χ0v) is 20.6. The fourth-order valence-electron chi connectivity index (χ4n) is 3.10. The molecule has 2 heterocycles. The quantitative estimate of drug-likeness (QED) is 0.319. The van der Waals surface area contributed by atoms with Crippen molar-refractivity contribution in [2.24, 2.45) is 0 Å². The van der Waals surface area contributed by atoms with Gasteiger partial charge < -0.3 is 9.47 Å². The van der Waals surface area contributed by atoms with Crippen LogP contribution in [-0.2, 0) is 11.2 Å². The second kappa shape index (κ2) is 11.1. The van der Waals surface area contributed by atoms with E-state index in [-0.39, 0.29) is 11.7 Å². The Morgan fingerprint density at radius 3 is 2.47 bits per heavy atom. The third-order valence-corrected chi connectivity index (χ3v) is 6.67. The number of rotatable bonds is 10. The highest BCUT2D eigenvalue weighted by atomic mass is 32.2. The highest BCUT2D eigenvalue weighted by Crippen LogP contribution is 2.28. The van der Waals surface area contributed by atoms with E-state index in [1.807, 2.05) is 73.0 Å². The van der Waals surface area contributed by atoms with Crippen LogP contribution in [0.15, 0.2) is 59.8 Å². The lowest BCUT2D eigenvalue weighted by Gasteiger charge is -2.17. The number of thioether (sulfide) groups is 1. The number of hydrogen-bond acceptors (Lipinski definition) is 9. The van der Waals surface area contributed by atoms with Gasteiger partial charge in [-0.1, -0.05) is 48.2 Å². The number of amides is 1. The molecule has 0 aliphatic heterocycles.